The Bertz CT molecular complexity index is 1440. The number of aryl methyl sites for hydroxylation is 1. The highest BCUT2D eigenvalue weighted by Gasteiger charge is 2.67. The van der Waals surface area contributed by atoms with Crippen LogP contribution in [0.2, 0.25) is 0 Å². The molecule has 0 saturated carbocycles. The Morgan fingerprint density at radius 1 is 0.949 bits per heavy atom. The van der Waals surface area contributed by atoms with Gasteiger partial charge in [0.1, 0.15) is 17.3 Å². The van der Waals surface area contributed by atoms with Gasteiger partial charge in [0.25, 0.3) is 0 Å². The van der Waals surface area contributed by atoms with Crippen LogP contribution in [0.4, 0.5) is 25.1 Å². The van der Waals surface area contributed by atoms with E-state index in [0.717, 1.165) is 53.3 Å². The first-order valence-corrected chi connectivity index (χ1v) is 14.2. The Hall–Kier alpha value is -3.74. The van der Waals surface area contributed by atoms with Gasteiger partial charge < -0.3 is 13.5 Å². The van der Waals surface area contributed by atoms with E-state index in [9.17, 15) is 19.4 Å². The van der Waals surface area contributed by atoms with Crippen molar-refractivity contribution in [3.63, 3.8) is 0 Å². The first-order chi connectivity index (χ1) is 18.3. The molecule has 0 amide bonds. The van der Waals surface area contributed by atoms with Gasteiger partial charge in [0.15, 0.2) is 0 Å². The molecule has 0 bridgehead atoms. The maximum Gasteiger partial charge on any atom is 0.435 e. The Kier molecular flexibility index (Phi) is 6.32. The molecule has 2 aliphatic heterocycles. The van der Waals surface area contributed by atoms with Crippen molar-refractivity contribution in [1.29, 1.82) is 0 Å². The van der Waals surface area contributed by atoms with E-state index in [1.165, 1.54) is 12.1 Å². The second kappa shape index (κ2) is 9.18. The van der Waals surface area contributed by atoms with E-state index in [1.807, 2.05) is 45.9 Å². The van der Waals surface area contributed by atoms with E-state index in [1.54, 1.807) is 13.4 Å². The minimum absolute atomic E-state index is 0.557. The van der Waals surface area contributed by atoms with Gasteiger partial charge in [-0.3, -0.25) is 15.0 Å². The predicted molar refractivity (Wildman–Crippen MR) is 143 cm³/mol. The van der Waals surface area contributed by atoms with Crippen molar-refractivity contribution in [1.82, 2.24) is 14.6 Å². The zero-order chi connectivity index (χ0) is 27.9. The quantitative estimate of drug-likeness (QED) is 0.288. The summed E-state index contributed by atoms with van der Waals surface area (Å²) >= 11 is 0. The van der Waals surface area contributed by atoms with E-state index in [2.05, 4.69) is 15.2 Å². The normalized spacial score (nSPS) is 19.1. The molecule has 13 heteroatoms. The van der Waals surface area contributed by atoms with Gasteiger partial charge in [0.2, 0.25) is 0 Å². The lowest BCUT2D eigenvalue weighted by atomic mass is 10.0. The number of aliphatic imine (C=N–C) groups is 1. The fourth-order valence-corrected chi connectivity index (χ4v) is 5.23. The van der Waals surface area contributed by atoms with Crippen LogP contribution in [0.1, 0.15) is 30.5 Å². The van der Waals surface area contributed by atoms with Crippen LogP contribution in [0.15, 0.2) is 65.6 Å². The second-order valence-electron chi connectivity index (χ2n) is 9.41. The third kappa shape index (κ3) is 6.47. The van der Waals surface area contributed by atoms with Crippen LogP contribution in [-0.4, -0.2) is 47.1 Å². The lowest BCUT2D eigenvalue weighted by Crippen LogP contribution is -2.49. The first-order valence-electron chi connectivity index (χ1n) is 12.3. The summed E-state index contributed by atoms with van der Waals surface area (Å²) in [6, 6.07) is 10.4. The zero-order valence-electron chi connectivity index (χ0n) is 21.4. The molecule has 0 atom stereocenters. The topological polar surface area (TPSA) is 55.1 Å². The van der Waals surface area contributed by atoms with Crippen LogP contribution in [0, 0.1) is 6.92 Å². The molecule has 0 unspecified atom stereocenters. The molecule has 2 aromatic carbocycles. The number of anilines is 1. The molecule has 3 aromatic rings. The van der Waals surface area contributed by atoms with Gasteiger partial charge >= 0.3 is 10.5 Å². The summed E-state index contributed by atoms with van der Waals surface area (Å²) in [6.45, 7) is 3.71. The van der Waals surface area contributed by atoms with Crippen molar-refractivity contribution in [2.24, 2.45) is 4.99 Å². The molecule has 0 aliphatic carbocycles. The summed E-state index contributed by atoms with van der Waals surface area (Å²) in [7, 11) is -8.42. The molecule has 210 valence electrons. The van der Waals surface area contributed by atoms with Gasteiger partial charge in [-0.05, 0) is 79.8 Å². The zero-order valence-corrected chi connectivity index (χ0v) is 22.2. The SMILES string of the molecule is COc1cc(C=C2CCCN3C2=NCCCN3c2ccc(OS(F)(F)(F)(F)F)cc2)ccc1-n1cnc(C)c1. The number of hydrazine groups is 1. The fraction of sp³-hybridized carbons (Fsp3) is 0.308. The average molecular weight is 570 g/mol. The fourth-order valence-electron chi connectivity index (χ4n) is 4.76. The minimum atomic E-state index is -10.0. The summed E-state index contributed by atoms with van der Waals surface area (Å²) in [4.78, 5) is 9.09. The largest absolute Gasteiger partial charge is 0.495 e. The van der Waals surface area contributed by atoms with E-state index in [4.69, 9.17) is 9.73 Å². The molecule has 5 rings (SSSR count). The highest BCUT2D eigenvalue weighted by molar-refractivity contribution is 8.42. The standard InChI is InChI=1S/C26H28F5N5O2S/c1-19-17-34(18-33-19)24-11-6-20(16-25(24)37-2)15-21-5-3-13-36-26(21)32-12-4-14-35(36)22-7-9-23(10-8-22)38-39(27,28,29,30)31/h6-11,15-18H,3-5,12-14H2,1-2H3. The van der Waals surface area contributed by atoms with Crippen molar-refractivity contribution in [3.05, 3.63) is 71.8 Å². The van der Waals surface area contributed by atoms with Crippen LogP contribution in [0.5, 0.6) is 11.5 Å². The maximum atomic E-state index is 12.7. The van der Waals surface area contributed by atoms with Crippen molar-refractivity contribution in [2.75, 3.05) is 31.8 Å². The van der Waals surface area contributed by atoms with Crippen molar-refractivity contribution >= 4 is 28.1 Å². The second-order valence-corrected chi connectivity index (χ2v) is 11.4. The third-order valence-electron chi connectivity index (χ3n) is 6.35. The van der Waals surface area contributed by atoms with E-state index >= 15 is 0 Å². The van der Waals surface area contributed by atoms with Gasteiger partial charge in [0.05, 0.1) is 30.5 Å². The molecule has 2 aliphatic rings. The van der Waals surface area contributed by atoms with Crippen LogP contribution >= 0.6 is 10.5 Å². The van der Waals surface area contributed by atoms with E-state index in [0.29, 0.717) is 37.5 Å². The molecule has 1 saturated heterocycles. The number of halogens is 5. The summed E-state index contributed by atoms with van der Waals surface area (Å²) in [5.74, 6) is 0.510. The molecular weight excluding hydrogens is 541 g/mol. The Morgan fingerprint density at radius 3 is 2.36 bits per heavy atom. The number of benzene rings is 2. The number of methoxy groups -OCH3 is 1. The molecule has 0 N–H and O–H groups in total. The highest BCUT2D eigenvalue weighted by Crippen LogP contribution is 2.97. The summed E-state index contributed by atoms with van der Waals surface area (Å²) < 4.78 is 74.4. The van der Waals surface area contributed by atoms with Gasteiger partial charge in [0, 0.05) is 25.8 Å². The number of ether oxygens (including phenoxy) is 1. The maximum absolute atomic E-state index is 12.7. The van der Waals surface area contributed by atoms with Crippen molar-refractivity contribution < 1.29 is 28.3 Å². The van der Waals surface area contributed by atoms with Crippen LogP contribution in [0.25, 0.3) is 11.8 Å². The number of rotatable bonds is 6. The number of hydrogen-bond acceptors (Lipinski definition) is 6. The lowest BCUT2D eigenvalue weighted by molar-refractivity contribution is 0.243. The number of piperidine rings is 1. The Balaban J connectivity index is 1.41. The van der Waals surface area contributed by atoms with Gasteiger partial charge in [-0.2, -0.15) is 0 Å². The number of fused-ring (bicyclic) bond motifs is 1. The monoisotopic (exact) mass is 569 g/mol. The molecule has 39 heavy (non-hydrogen) atoms. The molecule has 7 nitrogen and oxygen atoms in total. The Morgan fingerprint density at radius 2 is 1.69 bits per heavy atom. The first kappa shape index (κ1) is 26.9. The van der Waals surface area contributed by atoms with Gasteiger partial charge in [-0.25, -0.2) is 4.98 Å². The number of hydrogen-bond donors (Lipinski definition) is 0. The van der Waals surface area contributed by atoms with Crippen LogP contribution < -0.4 is 13.9 Å². The predicted octanol–water partition coefficient (Wildman–Crippen LogP) is 7.48. The van der Waals surface area contributed by atoms with Crippen molar-refractivity contribution in [3.8, 4) is 17.2 Å². The van der Waals surface area contributed by atoms with E-state index in [-0.39, 0.29) is 0 Å². The highest BCUT2D eigenvalue weighted by atomic mass is 32.5. The Labute approximate surface area is 223 Å². The lowest BCUT2D eigenvalue weighted by Gasteiger charge is -2.41. The summed E-state index contributed by atoms with van der Waals surface area (Å²) in [5, 5.41) is 3.93. The molecular formula is C26H28F5N5O2S. The van der Waals surface area contributed by atoms with E-state index < -0.39 is 16.3 Å². The molecule has 1 aromatic heterocycles. The molecule has 3 heterocycles. The average Bonchev–Trinajstić information content (AvgIpc) is 3.17. The smallest absolute Gasteiger partial charge is 0.435 e. The van der Waals surface area contributed by atoms with Crippen molar-refractivity contribution in [2.45, 2.75) is 26.2 Å². The number of aromatic nitrogens is 2. The summed E-state index contributed by atoms with van der Waals surface area (Å²) in [6.07, 6.45) is 8.04. The number of amidine groups is 1. The molecule has 0 radical (unpaired) electrons. The van der Waals surface area contributed by atoms with Gasteiger partial charge in [-0.15, -0.1) is 0 Å². The molecule has 1 fully saturated rings. The van der Waals surface area contributed by atoms with Crippen LogP contribution in [0.3, 0.4) is 0 Å². The third-order valence-corrected chi connectivity index (χ3v) is 6.86. The molecule has 0 spiro atoms. The van der Waals surface area contributed by atoms with Crippen LogP contribution in [-0.2, 0) is 0 Å². The minimum Gasteiger partial charge on any atom is -0.495 e. The number of nitrogens with zero attached hydrogens (tertiary/aromatic N) is 5. The van der Waals surface area contributed by atoms with Gasteiger partial charge in [-0.1, -0.05) is 25.5 Å². The summed E-state index contributed by atoms with van der Waals surface area (Å²) in [5.41, 5.74) is 4.26. The number of imidazole rings is 1.